The Kier molecular flexibility index (Phi) is 6.80. The summed E-state index contributed by atoms with van der Waals surface area (Å²) in [5, 5.41) is 10.3. The number of aliphatic hydroxyl groups is 1. The zero-order valence-electron chi connectivity index (χ0n) is 12.5. The summed E-state index contributed by atoms with van der Waals surface area (Å²) in [7, 11) is 1.81. The first kappa shape index (κ1) is 16.4. The number of nitrogens with zero attached hydrogens (tertiary/aromatic N) is 1. The van der Waals surface area contributed by atoms with E-state index >= 15 is 0 Å². The van der Waals surface area contributed by atoms with Gasteiger partial charge in [0.15, 0.2) is 0 Å². The van der Waals surface area contributed by atoms with E-state index in [-0.39, 0.29) is 5.91 Å². The summed E-state index contributed by atoms with van der Waals surface area (Å²) in [5.74, 6) is 0.702. The van der Waals surface area contributed by atoms with Crippen LogP contribution in [0, 0.1) is 5.92 Å². The molecule has 0 aliphatic heterocycles. The lowest BCUT2D eigenvalue weighted by Crippen LogP contribution is -2.42. The van der Waals surface area contributed by atoms with Gasteiger partial charge in [-0.3, -0.25) is 4.79 Å². The van der Waals surface area contributed by atoms with Crippen LogP contribution < -0.4 is 5.73 Å². The number of likely N-dealkylation sites (N-methyl/N-ethyl adjacent to an activating group) is 1. The number of carbonyl (C=O) groups excluding carboxylic acids is 1. The van der Waals surface area contributed by atoms with Gasteiger partial charge in [0.05, 0.1) is 5.60 Å². The van der Waals surface area contributed by atoms with E-state index in [1.54, 1.807) is 4.90 Å². The molecule has 1 saturated carbocycles. The van der Waals surface area contributed by atoms with Crippen LogP contribution in [-0.4, -0.2) is 41.7 Å². The van der Waals surface area contributed by atoms with Gasteiger partial charge in [-0.1, -0.05) is 26.2 Å². The minimum atomic E-state index is -0.633. The van der Waals surface area contributed by atoms with Crippen LogP contribution in [0.2, 0.25) is 0 Å². The second-order valence-corrected chi connectivity index (χ2v) is 6.07. The third-order valence-corrected chi connectivity index (χ3v) is 4.41. The van der Waals surface area contributed by atoms with Crippen LogP contribution in [0.25, 0.3) is 0 Å². The van der Waals surface area contributed by atoms with Gasteiger partial charge in [0, 0.05) is 20.0 Å². The summed E-state index contributed by atoms with van der Waals surface area (Å²) < 4.78 is 0. The highest BCUT2D eigenvalue weighted by Gasteiger charge is 2.33. The molecule has 0 bridgehead atoms. The topological polar surface area (TPSA) is 66.6 Å². The molecule has 1 rings (SSSR count). The van der Waals surface area contributed by atoms with E-state index in [1.807, 2.05) is 7.05 Å². The van der Waals surface area contributed by atoms with Crippen LogP contribution in [0.15, 0.2) is 0 Å². The van der Waals surface area contributed by atoms with E-state index in [1.165, 1.54) is 0 Å². The maximum atomic E-state index is 12.1. The summed E-state index contributed by atoms with van der Waals surface area (Å²) in [6.45, 7) is 3.33. The van der Waals surface area contributed by atoms with Crippen LogP contribution in [0.3, 0.4) is 0 Å². The molecule has 0 aromatic rings. The first-order valence-corrected chi connectivity index (χ1v) is 7.67. The van der Waals surface area contributed by atoms with E-state index in [9.17, 15) is 9.90 Å². The van der Waals surface area contributed by atoms with Gasteiger partial charge in [-0.25, -0.2) is 0 Å². The summed E-state index contributed by atoms with van der Waals surface area (Å²) in [6, 6.07) is 0. The fourth-order valence-corrected chi connectivity index (χ4v) is 3.03. The summed E-state index contributed by atoms with van der Waals surface area (Å²) in [4.78, 5) is 13.8. The van der Waals surface area contributed by atoms with Gasteiger partial charge in [0.2, 0.25) is 5.91 Å². The molecule has 1 aliphatic rings. The first-order chi connectivity index (χ1) is 9.00. The van der Waals surface area contributed by atoms with Crippen molar-refractivity contribution in [2.45, 2.75) is 63.9 Å². The molecule has 0 spiro atoms. The molecule has 1 unspecified atom stereocenters. The van der Waals surface area contributed by atoms with Crippen molar-refractivity contribution in [1.82, 2.24) is 4.90 Å². The van der Waals surface area contributed by atoms with E-state index in [4.69, 9.17) is 5.73 Å². The number of amides is 1. The van der Waals surface area contributed by atoms with Crippen molar-refractivity contribution in [3.05, 3.63) is 0 Å². The SMILES string of the molecule is CCC(CCN)CCC(=O)N(C)CC1(O)CCCC1. The van der Waals surface area contributed by atoms with Crippen molar-refractivity contribution in [2.75, 3.05) is 20.1 Å². The molecule has 0 saturated heterocycles. The number of nitrogens with two attached hydrogens (primary N) is 1. The number of rotatable bonds is 8. The van der Waals surface area contributed by atoms with Crippen molar-refractivity contribution >= 4 is 5.91 Å². The summed E-state index contributed by atoms with van der Waals surface area (Å²) in [5.41, 5.74) is 4.94. The van der Waals surface area contributed by atoms with Gasteiger partial charge in [0.25, 0.3) is 0 Å². The van der Waals surface area contributed by atoms with Gasteiger partial charge in [-0.2, -0.15) is 0 Å². The lowest BCUT2D eigenvalue weighted by Gasteiger charge is -2.29. The molecule has 4 heteroatoms. The molecular weight excluding hydrogens is 240 g/mol. The second kappa shape index (κ2) is 7.85. The molecule has 1 amide bonds. The Morgan fingerprint density at radius 2 is 2.00 bits per heavy atom. The smallest absolute Gasteiger partial charge is 0.222 e. The lowest BCUT2D eigenvalue weighted by molar-refractivity contribution is -0.133. The Labute approximate surface area is 117 Å². The van der Waals surface area contributed by atoms with Crippen molar-refractivity contribution in [3.63, 3.8) is 0 Å². The highest BCUT2D eigenvalue weighted by Crippen LogP contribution is 2.30. The fraction of sp³-hybridized carbons (Fsp3) is 0.933. The van der Waals surface area contributed by atoms with E-state index in [0.29, 0.717) is 25.4 Å². The Balaban J connectivity index is 2.31. The Morgan fingerprint density at radius 1 is 1.37 bits per heavy atom. The lowest BCUT2D eigenvalue weighted by atomic mass is 9.96. The van der Waals surface area contributed by atoms with Crippen molar-refractivity contribution < 1.29 is 9.90 Å². The quantitative estimate of drug-likeness (QED) is 0.708. The van der Waals surface area contributed by atoms with Crippen LogP contribution in [-0.2, 0) is 4.79 Å². The average molecular weight is 270 g/mol. The van der Waals surface area contributed by atoms with Crippen LogP contribution in [0.4, 0.5) is 0 Å². The monoisotopic (exact) mass is 270 g/mol. The molecular formula is C15H30N2O2. The normalized spacial score (nSPS) is 19.4. The number of carbonyl (C=O) groups is 1. The third kappa shape index (κ3) is 5.49. The predicted molar refractivity (Wildman–Crippen MR) is 77.7 cm³/mol. The zero-order chi connectivity index (χ0) is 14.3. The third-order valence-electron chi connectivity index (χ3n) is 4.41. The van der Waals surface area contributed by atoms with Crippen molar-refractivity contribution in [1.29, 1.82) is 0 Å². The number of hydrogen-bond acceptors (Lipinski definition) is 3. The van der Waals surface area contributed by atoms with Gasteiger partial charge >= 0.3 is 0 Å². The molecule has 0 radical (unpaired) electrons. The van der Waals surface area contributed by atoms with Crippen LogP contribution in [0.5, 0.6) is 0 Å². The van der Waals surface area contributed by atoms with E-state index in [0.717, 1.165) is 44.9 Å². The molecule has 0 heterocycles. The maximum absolute atomic E-state index is 12.1. The standard InChI is InChI=1S/C15H30N2O2/c1-3-13(8-11-16)6-7-14(18)17(2)12-15(19)9-4-5-10-15/h13,19H,3-12,16H2,1-2H3. The molecule has 3 N–H and O–H groups in total. The largest absolute Gasteiger partial charge is 0.388 e. The summed E-state index contributed by atoms with van der Waals surface area (Å²) >= 11 is 0. The van der Waals surface area contributed by atoms with Crippen molar-refractivity contribution in [3.8, 4) is 0 Å². The van der Waals surface area contributed by atoms with Crippen molar-refractivity contribution in [2.24, 2.45) is 11.7 Å². The molecule has 112 valence electrons. The van der Waals surface area contributed by atoms with E-state index < -0.39 is 5.60 Å². The molecule has 1 aliphatic carbocycles. The molecule has 0 aromatic carbocycles. The zero-order valence-corrected chi connectivity index (χ0v) is 12.5. The molecule has 19 heavy (non-hydrogen) atoms. The van der Waals surface area contributed by atoms with Gasteiger partial charge in [-0.15, -0.1) is 0 Å². The molecule has 1 atom stereocenters. The Morgan fingerprint density at radius 3 is 2.53 bits per heavy atom. The Hall–Kier alpha value is -0.610. The Bertz CT molecular complexity index is 275. The minimum Gasteiger partial charge on any atom is -0.388 e. The fourth-order valence-electron chi connectivity index (χ4n) is 3.03. The highest BCUT2D eigenvalue weighted by atomic mass is 16.3. The number of hydrogen-bond donors (Lipinski definition) is 2. The van der Waals surface area contributed by atoms with Gasteiger partial charge in [0.1, 0.15) is 0 Å². The second-order valence-electron chi connectivity index (χ2n) is 6.07. The molecule has 0 aromatic heterocycles. The first-order valence-electron chi connectivity index (χ1n) is 7.67. The van der Waals surface area contributed by atoms with Gasteiger partial charge in [-0.05, 0) is 38.1 Å². The molecule has 4 nitrogen and oxygen atoms in total. The summed E-state index contributed by atoms with van der Waals surface area (Å²) in [6.07, 6.45) is 7.38. The molecule has 1 fully saturated rings. The minimum absolute atomic E-state index is 0.149. The maximum Gasteiger partial charge on any atom is 0.222 e. The van der Waals surface area contributed by atoms with Gasteiger partial charge < -0.3 is 15.7 Å². The van der Waals surface area contributed by atoms with Crippen LogP contribution in [0.1, 0.15) is 58.3 Å². The van der Waals surface area contributed by atoms with E-state index in [2.05, 4.69) is 6.92 Å². The highest BCUT2D eigenvalue weighted by molar-refractivity contribution is 5.75. The van der Waals surface area contributed by atoms with Crippen LogP contribution >= 0.6 is 0 Å². The average Bonchev–Trinajstić information content (AvgIpc) is 2.80. The predicted octanol–water partition coefficient (Wildman–Crippen LogP) is 1.91.